The molecule has 24 heavy (non-hydrogen) atoms. The molecule has 0 bridgehead atoms. The standard InChI is InChI=1S/C20H22FNO2/c1-15(23)13-18(17-5-3-2-4-6-17)14-22-20(24)12-9-16-7-10-19(21)11-8-16/h2-12,15,18,23H,13-14H2,1H3,(H,22,24)/b12-9+. The largest absolute Gasteiger partial charge is 0.393 e. The zero-order chi connectivity index (χ0) is 17.4. The SMILES string of the molecule is CC(O)CC(CNC(=O)/C=C/c1ccc(F)cc1)c1ccccc1. The summed E-state index contributed by atoms with van der Waals surface area (Å²) in [5.74, 6) is -0.472. The molecule has 0 heterocycles. The third-order valence-corrected chi connectivity index (χ3v) is 3.72. The summed E-state index contributed by atoms with van der Waals surface area (Å²) in [4.78, 5) is 12.0. The minimum atomic E-state index is -0.443. The maximum atomic E-state index is 12.8. The summed E-state index contributed by atoms with van der Waals surface area (Å²) in [5, 5.41) is 12.5. The van der Waals surface area contributed by atoms with Crippen LogP contribution < -0.4 is 5.32 Å². The van der Waals surface area contributed by atoms with Crippen molar-refractivity contribution in [2.45, 2.75) is 25.4 Å². The van der Waals surface area contributed by atoms with Gasteiger partial charge in [-0.2, -0.15) is 0 Å². The fourth-order valence-electron chi connectivity index (χ4n) is 2.50. The van der Waals surface area contributed by atoms with Gasteiger partial charge in [-0.1, -0.05) is 42.5 Å². The lowest BCUT2D eigenvalue weighted by atomic mass is 9.93. The minimum Gasteiger partial charge on any atom is -0.393 e. The molecule has 0 saturated heterocycles. The molecule has 0 aliphatic carbocycles. The zero-order valence-corrected chi connectivity index (χ0v) is 13.7. The smallest absolute Gasteiger partial charge is 0.244 e. The van der Waals surface area contributed by atoms with E-state index in [1.54, 1.807) is 25.1 Å². The molecule has 2 aromatic carbocycles. The lowest BCUT2D eigenvalue weighted by Gasteiger charge is -2.19. The van der Waals surface area contributed by atoms with Gasteiger partial charge in [0.25, 0.3) is 0 Å². The number of halogens is 1. The van der Waals surface area contributed by atoms with Crippen LogP contribution in [0.3, 0.4) is 0 Å². The van der Waals surface area contributed by atoms with E-state index >= 15 is 0 Å². The van der Waals surface area contributed by atoms with Crippen molar-refractivity contribution in [3.63, 3.8) is 0 Å². The minimum absolute atomic E-state index is 0.0503. The number of nitrogens with one attached hydrogen (secondary N) is 1. The van der Waals surface area contributed by atoms with Crippen LogP contribution >= 0.6 is 0 Å². The van der Waals surface area contributed by atoms with Gasteiger partial charge in [0, 0.05) is 18.5 Å². The molecule has 2 rings (SSSR count). The van der Waals surface area contributed by atoms with E-state index in [9.17, 15) is 14.3 Å². The maximum absolute atomic E-state index is 12.8. The molecule has 0 saturated carbocycles. The van der Waals surface area contributed by atoms with Crippen LogP contribution in [-0.2, 0) is 4.79 Å². The Labute approximate surface area is 141 Å². The molecule has 3 nitrogen and oxygen atoms in total. The van der Waals surface area contributed by atoms with E-state index in [1.165, 1.54) is 18.2 Å². The normalized spacial score (nSPS) is 13.6. The summed E-state index contributed by atoms with van der Waals surface area (Å²) in [5.41, 5.74) is 1.84. The number of benzene rings is 2. The average Bonchev–Trinajstić information content (AvgIpc) is 2.58. The Morgan fingerprint density at radius 2 is 1.83 bits per heavy atom. The first-order valence-corrected chi connectivity index (χ1v) is 7.99. The maximum Gasteiger partial charge on any atom is 0.244 e. The van der Waals surface area contributed by atoms with Gasteiger partial charge in [-0.3, -0.25) is 4.79 Å². The molecule has 4 heteroatoms. The van der Waals surface area contributed by atoms with Crippen molar-refractivity contribution in [3.8, 4) is 0 Å². The van der Waals surface area contributed by atoms with Crippen molar-refractivity contribution < 1.29 is 14.3 Å². The average molecular weight is 327 g/mol. The van der Waals surface area contributed by atoms with Crippen molar-refractivity contribution in [1.82, 2.24) is 5.32 Å². The highest BCUT2D eigenvalue weighted by molar-refractivity contribution is 5.91. The molecule has 2 aromatic rings. The highest BCUT2D eigenvalue weighted by Crippen LogP contribution is 2.20. The second kappa shape index (κ2) is 8.99. The molecule has 0 radical (unpaired) electrons. The van der Waals surface area contributed by atoms with Gasteiger partial charge in [-0.25, -0.2) is 4.39 Å². The van der Waals surface area contributed by atoms with E-state index in [0.29, 0.717) is 13.0 Å². The molecule has 0 fully saturated rings. The van der Waals surface area contributed by atoms with Crippen molar-refractivity contribution in [1.29, 1.82) is 0 Å². The second-order valence-corrected chi connectivity index (χ2v) is 5.82. The highest BCUT2D eigenvalue weighted by Gasteiger charge is 2.14. The third-order valence-electron chi connectivity index (χ3n) is 3.72. The van der Waals surface area contributed by atoms with Crippen LogP contribution in [-0.4, -0.2) is 23.7 Å². The van der Waals surface area contributed by atoms with E-state index in [4.69, 9.17) is 0 Å². The summed E-state index contributed by atoms with van der Waals surface area (Å²) < 4.78 is 12.8. The van der Waals surface area contributed by atoms with Gasteiger partial charge in [0.05, 0.1) is 6.10 Å². The van der Waals surface area contributed by atoms with Gasteiger partial charge in [-0.05, 0) is 42.7 Å². The van der Waals surface area contributed by atoms with Crippen LogP contribution in [0.4, 0.5) is 4.39 Å². The van der Waals surface area contributed by atoms with Crippen LogP contribution in [0.2, 0.25) is 0 Å². The van der Waals surface area contributed by atoms with E-state index in [2.05, 4.69) is 5.32 Å². The number of amides is 1. The molecule has 1 amide bonds. The predicted octanol–water partition coefficient (Wildman–Crippen LogP) is 3.51. The number of aliphatic hydroxyl groups is 1. The second-order valence-electron chi connectivity index (χ2n) is 5.82. The number of hydrogen-bond donors (Lipinski definition) is 2. The van der Waals surface area contributed by atoms with Crippen LogP contribution in [0, 0.1) is 5.82 Å². The number of hydrogen-bond acceptors (Lipinski definition) is 2. The number of aliphatic hydroxyl groups excluding tert-OH is 1. The lowest BCUT2D eigenvalue weighted by Crippen LogP contribution is -2.28. The fraction of sp³-hybridized carbons (Fsp3) is 0.250. The van der Waals surface area contributed by atoms with Crippen molar-refractivity contribution in [2.24, 2.45) is 0 Å². The molecule has 126 valence electrons. The Hall–Kier alpha value is -2.46. The summed E-state index contributed by atoms with van der Waals surface area (Å²) in [6, 6.07) is 15.7. The highest BCUT2D eigenvalue weighted by atomic mass is 19.1. The van der Waals surface area contributed by atoms with Crippen molar-refractivity contribution in [2.75, 3.05) is 6.54 Å². The monoisotopic (exact) mass is 327 g/mol. The quantitative estimate of drug-likeness (QED) is 0.765. The topological polar surface area (TPSA) is 49.3 Å². The van der Waals surface area contributed by atoms with Crippen molar-refractivity contribution >= 4 is 12.0 Å². The van der Waals surface area contributed by atoms with Crippen LogP contribution in [0.5, 0.6) is 0 Å². The van der Waals surface area contributed by atoms with Gasteiger partial charge >= 0.3 is 0 Å². The zero-order valence-electron chi connectivity index (χ0n) is 13.7. The first kappa shape index (κ1) is 17.9. The lowest BCUT2D eigenvalue weighted by molar-refractivity contribution is -0.116. The van der Waals surface area contributed by atoms with E-state index < -0.39 is 6.10 Å². The number of rotatable bonds is 7. The Morgan fingerprint density at radius 1 is 1.17 bits per heavy atom. The van der Waals surface area contributed by atoms with E-state index in [0.717, 1.165) is 11.1 Å². The Balaban J connectivity index is 1.93. The molecule has 2 atom stereocenters. The van der Waals surface area contributed by atoms with Crippen molar-refractivity contribution in [3.05, 3.63) is 77.6 Å². The molecular weight excluding hydrogens is 305 g/mol. The molecule has 0 aliphatic rings. The van der Waals surface area contributed by atoms with Crippen LogP contribution in [0.25, 0.3) is 6.08 Å². The molecule has 0 spiro atoms. The van der Waals surface area contributed by atoms with Gasteiger partial charge in [0.1, 0.15) is 5.82 Å². The summed E-state index contributed by atoms with van der Waals surface area (Å²) in [7, 11) is 0. The molecule has 2 N–H and O–H groups in total. The first-order valence-electron chi connectivity index (χ1n) is 7.99. The van der Waals surface area contributed by atoms with Gasteiger partial charge in [-0.15, -0.1) is 0 Å². The Bertz CT molecular complexity index is 666. The molecule has 0 aromatic heterocycles. The van der Waals surface area contributed by atoms with Crippen LogP contribution in [0.1, 0.15) is 30.4 Å². The molecular formula is C20H22FNO2. The van der Waals surface area contributed by atoms with Crippen LogP contribution in [0.15, 0.2) is 60.7 Å². The van der Waals surface area contributed by atoms with E-state index in [-0.39, 0.29) is 17.6 Å². The summed E-state index contributed by atoms with van der Waals surface area (Å²) in [6.45, 7) is 2.19. The van der Waals surface area contributed by atoms with Gasteiger partial charge in [0.15, 0.2) is 0 Å². The molecule has 2 unspecified atom stereocenters. The Kier molecular flexibility index (Phi) is 6.70. The Morgan fingerprint density at radius 3 is 2.46 bits per heavy atom. The third kappa shape index (κ3) is 5.97. The number of carbonyl (C=O) groups is 1. The summed E-state index contributed by atoms with van der Waals surface area (Å²) >= 11 is 0. The number of carbonyl (C=O) groups excluding carboxylic acids is 1. The fourth-order valence-corrected chi connectivity index (χ4v) is 2.50. The predicted molar refractivity (Wildman–Crippen MR) is 93.9 cm³/mol. The first-order chi connectivity index (χ1) is 11.5. The van der Waals surface area contributed by atoms with E-state index in [1.807, 2.05) is 30.3 Å². The van der Waals surface area contributed by atoms with Gasteiger partial charge < -0.3 is 10.4 Å². The van der Waals surface area contributed by atoms with Gasteiger partial charge in [0.2, 0.25) is 5.91 Å². The summed E-state index contributed by atoms with van der Waals surface area (Å²) in [6.07, 6.45) is 3.20. The molecule has 0 aliphatic heterocycles.